The van der Waals surface area contributed by atoms with Crippen LogP contribution >= 0.6 is 0 Å². The molecule has 1 N–H and O–H groups in total. The Labute approximate surface area is 107 Å². The van der Waals surface area contributed by atoms with Crippen LogP contribution in [0.5, 0.6) is 0 Å². The summed E-state index contributed by atoms with van der Waals surface area (Å²) in [6.45, 7) is 0.907. The molecule has 0 radical (unpaired) electrons. The number of H-pyrrole nitrogens is 1. The fourth-order valence-corrected chi connectivity index (χ4v) is 2.13. The molecule has 0 amide bonds. The van der Waals surface area contributed by atoms with Crippen molar-refractivity contribution in [3.05, 3.63) is 35.5 Å². The summed E-state index contributed by atoms with van der Waals surface area (Å²) in [6.07, 6.45) is 1.97. The summed E-state index contributed by atoms with van der Waals surface area (Å²) in [5, 5.41) is 1.09. The SMILES string of the molecule is COC(=O)c1cccc2c(C[N+](C)(C)C)c[nH]c12. The van der Waals surface area contributed by atoms with Gasteiger partial charge in [0, 0.05) is 17.1 Å². The van der Waals surface area contributed by atoms with Gasteiger partial charge in [-0.25, -0.2) is 4.79 Å². The predicted molar refractivity (Wildman–Crippen MR) is 71.4 cm³/mol. The van der Waals surface area contributed by atoms with E-state index in [9.17, 15) is 4.79 Å². The van der Waals surface area contributed by atoms with E-state index >= 15 is 0 Å². The number of methoxy groups -OCH3 is 1. The van der Waals surface area contributed by atoms with Gasteiger partial charge in [0.05, 0.1) is 39.3 Å². The number of aromatic nitrogens is 1. The lowest BCUT2D eigenvalue weighted by atomic mass is 10.1. The minimum absolute atomic E-state index is 0.306. The van der Waals surface area contributed by atoms with E-state index in [2.05, 4.69) is 26.1 Å². The average Bonchev–Trinajstić information content (AvgIpc) is 2.69. The zero-order valence-corrected chi connectivity index (χ0v) is 11.3. The fraction of sp³-hybridized carbons (Fsp3) is 0.357. The van der Waals surface area contributed by atoms with Gasteiger partial charge in [-0.05, 0) is 6.07 Å². The lowest BCUT2D eigenvalue weighted by Crippen LogP contribution is -2.33. The third kappa shape index (κ3) is 2.38. The van der Waals surface area contributed by atoms with Crippen molar-refractivity contribution in [1.82, 2.24) is 4.98 Å². The molecular formula is C14H19N2O2+. The number of aromatic amines is 1. The number of carbonyl (C=O) groups is 1. The summed E-state index contributed by atoms with van der Waals surface area (Å²) < 4.78 is 5.63. The summed E-state index contributed by atoms with van der Waals surface area (Å²) >= 11 is 0. The molecule has 0 unspecified atom stereocenters. The maximum Gasteiger partial charge on any atom is 0.339 e. The van der Waals surface area contributed by atoms with Gasteiger partial charge in [0.25, 0.3) is 0 Å². The third-order valence-electron chi connectivity index (χ3n) is 2.85. The summed E-state index contributed by atoms with van der Waals surface area (Å²) in [5.41, 5.74) is 2.65. The van der Waals surface area contributed by atoms with Crippen molar-refractivity contribution >= 4 is 16.9 Å². The van der Waals surface area contributed by atoms with Gasteiger partial charge in [0.1, 0.15) is 6.54 Å². The predicted octanol–water partition coefficient (Wildman–Crippen LogP) is 2.16. The first kappa shape index (κ1) is 12.6. The largest absolute Gasteiger partial charge is 0.465 e. The number of ether oxygens (including phenoxy) is 1. The molecule has 4 heteroatoms. The molecule has 96 valence electrons. The van der Waals surface area contributed by atoms with E-state index in [0.29, 0.717) is 5.56 Å². The Balaban J connectivity index is 2.52. The van der Waals surface area contributed by atoms with Crippen molar-refractivity contribution in [1.29, 1.82) is 0 Å². The zero-order valence-electron chi connectivity index (χ0n) is 11.3. The number of hydrogen-bond acceptors (Lipinski definition) is 2. The molecule has 0 aliphatic carbocycles. The number of nitrogens with one attached hydrogen (secondary N) is 1. The van der Waals surface area contributed by atoms with Crippen LogP contribution < -0.4 is 0 Å². The Kier molecular flexibility index (Phi) is 3.13. The maximum absolute atomic E-state index is 11.7. The summed E-state index contributed by atoms with van der Waals surface area (Å²) in [7, 11) is 7.83. The summed E-state index contributed by atoms with van der Waals surface area (Å²) in [5.74, 6) is -0.306. The fourth-order valence-electron chi connectivity index (χ4n) is 2.13. The molecule has 0 aliphatic heterocycles. The molecule has 0 saturated carbocycles. The lowest BCUT2D eigenvalue weighted by molar-refractivity contribution is -0.883. The molecule has 0 bridgehead atoms. The van der Waals surface area contributed by atoms with Gasteiger partial charge in [0.15, 0.2) is 0 Å². The van der Waals surface area contributed by atoms with Crippen molar-refractivity contribution in [2.75, 3.05) is 28.3 Å². The molecule has 0 saturated heterocycles. The van der Waals surface area contributed by atoms with E-state index in [1.165, 1.54) is 12.7 Å². The first-order valence-electron chi connectivity index (χ1n) is 5.90. The van der Waals surface area contributed by atoms with E-state index in [1.54, 1.807) is 6.07 Å². The topological polar surface area (TPSA) is 42.1 Å². The number of carbonyl (C=O) groups excluding carboxylic acids is 1. The van der Waals surface area contributed by atoms with Gasteiger partial charge in [-0.15, -0.1) is 0 Å². The van der Waals surface area contributed by atoms with Crippen LogP contribution in [-0.4, -0.2) is 43.7 Å². The van der Waals surface area contributed by atoms with Crippen molar-refractivity contribution in [2.45, 2.75) is 6.54 Å². The second-order valence-electron chi connectivity index (χ2n) is 5.48. The summed E-state index contributed by atoms with van der Waals surface area (Å²) in [4.78, 5) is 14.9. The molecule has 0 aliphatic rings. The molecule has 1 aromatic carbocycles. The van der Waals surface area contributed by atoms with E-state index in [0.717, 1.165) is 21.9 Å². The van der Waals surface area contributed by atoms with Crippen LogP contribution in [0.2, 0.25) is 0 Å². The molecule has 1 heterocycles. The van der Waals surface area contributed by atoms with E-state index < -0.39 is 0 Å². The molecule has 0 atom stereocenters. The van der Waals surface area contributed by atoms with Crippen molar-refractivity contribution < 1.29 is 14.0 Å². The van der Waals surface area contributed by atoms with Gasteiger partial charge < -0.3 is 14.2 Å². The van der Waals surface area contributed by atoms with Crippen LogP contribution in [0.25, 0.3) is 10.9 Å². The van der Waals surface area contributed by atoms with Gasteiger partial charge in [-0.2, -0.15) is 0 Å². The summed E-state index contributed by atoms with van der Waals surface area (Å²) in [6, 6.07) is 5.70. The van der Waals surface area contributed by atoms with Crippen LogP contribution in [-0.2, 0) is 11.3 Å². The van der Waals surface area contributed by atoms with Crippen molar-refractivity contribution in [3.8, 4) is 0 Å². The van der Waals surface area contributed by atoms with Crippen LogP contribution in [0.4, 0.5) is 0 Å². The minimum Gasteiger partial charge on any atom is -0.465 e. The molecule has 18 heavy (non-hydrogen) atoms. The molecule has 0 spiro atoms. The first-order chi connectivity index (χ1) is 8.42. The van der Waals surface area contributed by atoms with Crippen molar-refractivity contribution in [2.24, 2.45) is 0 Å². The Morgan fingerprint density at radius 3 is 2.67 bits per heavy atom. The number of rotatable bonds is 3. The molecule has 1 aromatic heterocycles. The number of hydrogen-bond donors (Lipinski definition) is 1. The van der Waals surface area contributed by atoms with E-state index in [-0.39, 0.29) is 5.97 Å². The van der Waals surface area contributed by atoms with Gasteiger partial charge in [-0.3, -0.25) is 0 Å². The maximum atomic E-state index is 11.7. The Bertz CT molecular complexity index is 579. The highest BCUT2D eigenvalue weighted by molar-refractivity contribution is 6.03. The Morgan fingerprint density at radius 1 is 1.33 bits per heavy atom. The number of benzene rings is 1. The first-order valence-corrected chi connectivity index (χ1v) is 5.90. The normalized spacial score (nSPS) is 11.8. The zero-order chi connectivity index (χ0) is 13.3. The number of para-hydroxylation sites is 1. The Hall–Kier alpha value is -1.81. The molecular weight excluding hydrogens is 228 g/mol. The third-order valence-corrected chi connectivity index (χ3v) is 2.85. The second-order valence-corrected chi connectivity index (χ2v) is 5.48. The van der Waals surface area contributed by atoms with Crippen LogP contribution in [0.15, 0.2) is 24.4 Å². The molecule has 0 fully saturated rings. The highest BCUT2D eigenvalue weighted by atomic mass is 16.5. The average molecular weight is 247 g/mol. The highest BCUT2D eigenvalue weighted by Gasteiger charge is 2.17. The van der Waals surface area contributed by atoms with E-state index in [1.807, 2.05) is 18.3 Å². The number of fused-ring (bicyclic) bond motifs is 1. The number of quaternary nitrogens is 1. The van der Waals surface area contributed by atoms with Crippen LogP contribution in [0.3, 0.4) is 0 Å². The minimum atomic E-state index is -0.306. The van der Waals surface area contributed by atoms with Gasteiger partial charge in [-0.1, -0.05) is 12.1 Å². The van der Waals surface area contributed by atoms with E-state index in [4.69, 9.17) is 4.74 Å². The number of esters is 1. The van der Waals surface area contributed by atoms with Crippen LogP contribution in [0.1, 0.15) is 15.9 Å². The molecule has 2 aromatic rings. The second kappa shape index (κ2) is 4.46. The van der Waals surface area contributed by atoms with Crippen molar-refractivity contribution in [3.63, 3.8) is 0 Å². The smallest absolute Gasteiger partial charge is 0.339 e. The van der Waals surface area contributed by atoms with Gasteiger partial charge in [0.2, 0.25) is 0 Å². The Morgan fingerprint density at radius 2 is 2.06 bits per heavy atom. The molecule has 2 rings (SSSR count). The monoisotopic (exact) mass is 247 g/mol. The standard InChI is InChI=1S/C14H18N2O2/c1-16(2,3)9-10-8-15-13-11(10)6-5-7-12(13)14(17)18-4/h5-8H,9H2,1-4H3/p+1. The number of nitrogens with zero attached hydrogens (tertiary/aromatic N) is 1. The van der Waals surface area contributed by atoms with Gasteiger partial charge >= 0.3 is 5.97 Å². The molecule has 4 nitrogen and oxygen atoms in total. The van der Waals surface area contributed by atoms with Crippen LogP contribution in [0, 0.1) is 0 Å². The highest BCUT2D eigenvalue weighted by Crippen LogP contribution is 2.24. The quantitative estimate of drug-likeness (QED) is 0.667. The lowest BCUT2D eigenvalue weighted by Gasteiger charge is -2.23.